The van der Waals surface area contributed by atoms with Crippen molar-refractivity contribution in [3.05, 3.63) is 59.9 Å². The van der Waals surface area contributed by atoms with Crippen LogP contribution in [0, 0.1) is 6.92 Å². The van der Waals surface area contributed by atoms with Gasteiger partial charge in [-0.25, -0.2) is 4.98 Å². The van der Waals surface area contributed by atoms with Crippen LogP contribution in [0.1, 0.15) is 22.6 Å². The van der Waals surface area contributed by atoms with E-state index in [1.54, 1.807) is 0 Å². The molecule has 0 bridgehead atoms. The standard InChI is InChI=1S/C20H22N4O/c1-15-22-18-14-16(20(25)23-12-5-10-21-11-13-23)8-9-19(18)24(15)17-6-3-2-4-7-17/h2-4,6-9,14,21H,5,10-13H2,1H3. The van der Waals surface area contributed by atoms with Gasteiger partial charge in [0.05, 0.1) is 11.0 Å². The largest absolute Gasteiger partial charge is 0.337 e. The Morgan fingerprint density at radius 3 is 2.76 bits per heavy atom. The van der Waals surface area contributed by atoms with E-state index in [1.807, 2.05) is 48.2 Å². The van der Waals surface area contributed by atoms with Crippen LogP contribution in [0.2, 0.25) is 0 Å². The SMILES string of the molecule is Cc1nc2cc(C(=O)N3CCCNCC3)ccc2n1-c1ccccc1. The zero-order valence-electron chi connectivity index (χ0n) is 14.4. The number of aromatic nitrogens is 2. The molecule has 1 N–H and O–H groups in total. The zero-order valence-corrected chi connectivity index (χ0v) is 14.4. The number of hydrogen-bond acceptors (Lipinski definition) is 3. The van der Waals surface area contributed by atoms with Gasteiger partial charge in [-0.2, -0.15) is 0 Å². The van der Waals surface area contributed by atoms with E-state index in [9.17, 15) is 4.79 Å². The van der Waals surface area contributed by atoms with Crippen molar-refractivity contribution in [3.63, 3.8) is 0 Å². The average molecular weight is 334 g/mol. The van der Waals surface area contributed by atoms with Crippen molar-refractivity contribution in [1.82, 2.24) is 19.8 Å². The number of nitrogens with one attached hydrogen (secondary N) is 1. The smallest absolute Gasteiger partial charge is 0.253 e. The molecule has 5 nitrogen and oxygen atoms in total. The molecule has 2 aromatic carbocycles. The summed E-state index contributed by atoms with van der Waals surface area (Å²) in [5.74, 6) is 1.02. The number of hydrogen-bond donors (Lipinski definition) is 1. The Hall–Kier alpha value is -2.66. The van der Waals surface area contributed by atoms with Crippen LogP contribution in [0.5, 0.6) is 0 Å². The van der Waals surface area contributed by atoms with Gasteiger partial charge >= 0.3 is 0 Å². The highest BCUT2D eigenvalue weighted by Gasteiger charge is 2.18. The molecule has 1 fully saturated rings. The van der Waals surface area contributed by atoms with Gasteiger partial charge in [0.15, 0.2) is 0 Å². The molecule has 0 atom stereocenters. The Morgan fingerprint density at radius 1 is 1.08 bits per heavy atom. The first-order chi connectivity index (χ1) is 12.2. The van der Waals surface area contributed by atoms with Crippen molar-refractivity contribution >= 4 is 16.9 Å². The van der Waals surface area contributed by atoms with E-state index in [1.165, 1.54) is 0 Å². The Labute approximate surface area is 147 Å². The van der Waals surface area contributed by atoms with Crippen molar-refractivity contribution in [2.24, 2.45) is 0 Å². The Bertz CT molecular complexity index is 893. The van der Waals surface area contributed by atoms with Crippen molar-refractivity contribution in [1.29, 1.82) is 0 Å². The molecule has 3 aromatic rings. The van der Waals surface area contributed by atoms with Gasteiger partial charge in [-0.05, 0) is 50.2 Å². The summed E-state index contributed by atoms with van der Waals surface area (Å²) in [7, 11) is 0. The third-order valence-electron chi connectivity index (χ3n) is 4.71. The van der Waals surface area contributed by atoms with Gasteiger partial charge in [0.2, 0.25) is 0 Å². The second kappa shape index (κ2) is 6.69. The quantitative estimate of drug-likeness (QED) is 0.784. The number of fused-ring (bicyclic) bond motifs is 1. The summed E-state index contributed by atoms with van der Waals surface area (Å²) in [5, 5.41) is 3.33. The minimum absolute atomic E-state index is 0.0949. The summed E-state index contributed by atoms with van der Waals surface area (Å²) in [5.41, 5.74) is 3.69. The van der Waals surface area contributed by atoms with E-state index < -0.39 is 0 Å². The molecule has 1 amide bonds. The molecule has 5 heteroatoms. The van der Waals surface area contributed by atoms with Crippen molar-refractivity contribution < 1.29 is 4.79 Å². The fourth-order valence-electron chi connectivity index (χ4n) is 3.47. The van der Waals surface area contributed by atoms with Crippen LogP contribution in [0.3, 0.4) is 0 Å². The minimum Gasteiger partial charge on any atom is -0.337 e. The second-order valence-corrected chi connectivity index (χ2v) is 6.43. The first kappa shape index (κ1) is 15.8. The Balaban J connectivity index is 1.71. The van der Waals surface area contributed by atoms with Gasteiger partial charge < -0.3 is 10.2 Å². The number of benzene rings is 2. The molecule has 1 saturated heterocycles. The fraction of sp³-hybridized carbons (Fsp3) is 0.300. The monoisotopic (exact) mass is 334 g/mol. The molecule has 0 saturated carbocycles. The second-order valence-electron chi connectivity index (χ2n) is 6.43. The van der Waals surface area contributed by atoms with Crippen molar-refractivity contribution in [2.45, 2.75) is 13.3 Å². The molecule has 2 heterocycles. The van der Waals surface area contributed by atoms with Gasteiger partial charge in [0.25, 0.3) is 5.91 Å². The number of nitrogens with zero attached hydrogens (tertiary/aromatic N) is 3. The molecule has 0 unspecified atom stereocenters. The van der Waals surface area contributed by atoms with Crippen LogP contribution in [-0.2, 0) is 0 Å². The lowest BCUT2D eigenvalue weighted by atomic mass is 10.1. The van der Waals surface area contributed by atoms with Gasteiger partial charge in [-0.3, -0.25) is 9.36 Å². The fourth-order valence-corrected chi connectivity index (χ4v) is 3.47. The summed E-state index contributed by atoms with van der Waals surface area (Å²) >= 11 is 0. The van der Waals surface area contributed by atoms with Crippen molar-refractivity contribution in [3.8, 4) is 5.69 Å². The third kappa shape index (κ3) is 3.03. The summed E-state index contributed by atoms with van der Waals surface area (Å²) < 4.78 is 2.12. The molecule has 0 aliphatic carbocycles. The maximum atomic E-state index is 12.8. The number of rotatable bonds is 2. The van der Waals surface area contributed by atoms with E-state index >= 15 is 0 Å². The van der Waals surface area contributed by atoms with Gasteiger partial charge in [-0.1, -0.05) is 18.2 Å². The zero-order chi connectivity index (χ0) is 17.2. The van der Waals surface area contributed by atoms with Gasteiger partial charge in [0, 0.05) is 30.9 Å². The summed E-state index contributed by atoms with van der Waals surface area (Å²) in [4.78, 5) is 19.4. The lowest BCUT2D eigenvalue weighted by Crippen LogP contribution is -2.34. The minimum atomic E-state index is 0.0949. The molecule has 4 rings (SSSR count). The summed E-state index contributed by atoms with van der Waals surface area (Å²) in [6.45, 7) is 5.39. The highest BCUT2D eigenvalue weighted by atomic mass is 16.2. The molecule has 0 spiro atoms. The molecule has 128 valence electrons. The molecule has 1 aliphatic heterocycles. The van der Waals surface area contributed by atoms with Crippen LogP contribution in [0.25, 0.3) is 16.7 Å². The lowest BCUT2D eigenvalue weighted by molar-refractivity contribution is 0.0766. The van der Waals surface area contributed by atoms with E-state index in [0.717, 1.165) is 55.1 Å². The summed E-state index contributed by atoms with van der Waals surface area (Å²) in [6, 6.07) is 16.0. The normalized spacial score (nSPS) is 15.3. The topological polar surface area (TPSA) is 50.2 Å². The molecular formula is C20H22N4O. The Morgan fingerprint density at radius 2 is 1.92 bits per heavy atom. The van der Waals surface area contributed by atoms with Crippen LogP contribution < -0.4 is 5.32 Å². The molecule has 1 aromatic heterocycles. The predicted molar refractivity (Wildman–Crippen MR) is 99.2 cm³/mol. The van der Waals surface area contributed by atoms with Crippen molar-refractivity contribution in [2.75, 3.05) is 26.2 Å². The number of amides is 1. The molecular weight excluding hydrogens is 312 g/mol. The Kier molecular flexibility index (Phi) is 4.24. The molecule has 25 heavy (non-hydrogen) atoms. The third-order valence-corrected chi connectivity index (χ3v) is 4.71. The number of aryl methyl sites for hydroxylation is 1. The van der Waals surface area contributed by atoms with Crippen LogP contribution >= 0.6 is 0 Å². The first-order valence-corrected chi connectivity index (χ1v) is 8.78. The van der Waals surface area contributed by atoms with E-state index in [2.05, 4.69) is 27.0 Å². The van der Waals surface area contributed by atoms with Crippen LogP contribution in [-0.4, -0.2) is 46.5 Å². The average Bonchev–Trinajstić information content (AvgIpc) is 2.80. The van der Waals surface area contributed by atoms with E-state index in [4.69, 9.17) is 0 Å². The summed E-state index contributed by atoms with van der Waals surface area (Å²) in [6.07, 6.45) is 0.996. The number of imidazole rings is 1. The predicted octanol–water partition coefficient (Wildman–Crippen LogP) is 2.77. The van der Waals surface area contributed by atoms with Crippen LogP contribution in [0.15, 0.2) is 48.5 Å². The molecule has 1 aliphatic rings. The maximum Gasteiger partial charge on any atom is 0.253 e. The van der Waals surface area contributed by atoms with Gasteiger partial charge in [0.1, 0.15) is 5.82 Å². The first-order valence-electron chi connectivity index (χ1n) is 8.78. The number of carbonyl (C=O) groups is 1. The molecule has 0 radical (unpaired) electrons. The number of carbonyl (C=O) groups excluding carboxylic acids is 1. The maximum absolute atomic E-state index is 12.8. The highest BCUT2D eigenvalue weighted by molar-refractivity contribution is 5.97. The van der Waals surface area contributed by atoms with E-state index in [0.29, 0.717) is 5.56 Å². The van der Waals surface area contributed by atoms with Gasteiger partial charge in [-0.15, -0.1) is 0 Å². The van der Waals surface area contributed by atoms with E-state index in [-0.39, 0.29) is 5.91 Å². The number of para-hydroxylation sites is 1. The highest BCUT2D eigenvalue weighted by Crippen LogP contribution is 2.23. The lowest BCUT2D eigenvalue weighted by Gasteiger charge is -2.20. The van der Waals surface area contributed by atoms with Crippen LogP contribution in [0.4, 0.5) is 0 Å².